The van der Waals surface area contributed by atoms with Gasteiger partial charge in [0.15, 0.2) is 5.65 Å². The Kier molecular flexibility index (Phi) is 5.47. The van der Waals surface area contributed by atoms with Gasteiger partial charge in [0.25, 0.3) is 0 Å². The number of aromatic nitrogens is 3. The number of ether oxygens (including phenoxy) is 1. The molecule has 29 heavy (non-hydrogen) atoms. The molecule has 0 spiro atoms. The van der Waals surface area contributed by atoms with E-state index in [2.05, 4.69) is 5.32 Å². The summed E-state index contributed by atoms with van der Waals surface area (Å²) in [6.07, 6.45) is 0. The van der Waals surface area contributed by atoms with Crippen molar-refractivity contribution in [2.75, 3.05) is 19.0 Å². The van der Waals surface area contributed by atoms with Crippen LogP contribution in [0.4, 0.5) is 10.2 Å². The van der Waals surface area contributed by atoms with Gasteiger partial charge in [0, 0.05) is 30.3 Å². The van der Waals surface area contributed by atoms with Gasteiger partial charge < -0.3 is 10.1 Å². The van der Waals surface area contributed by atoms with E-state index in [4.69, 9.17) is 26.4 Å². The number of fused-ring (bicyclic) bond motifs is 1. The van der Waals surface area contributed by atoms with E-state index in [1.807, 2.05) is 43.3 Å². The Morgan fingerprint density at radius 3 is 2.59 bits per heavy atom. The van der Waals surface area contributed by atoms with Gasteiger partial charge >= 0.3 is 0 Å². The molecule has 1 N–H and O–H groups in total. The Balaban J connectivity index is 2.02. The number of nitrogens with zero attached hydrogens (tertiary/aromatic N) is 3. The first-order valence-electron chi connectivity index (χ1n) is 9.30. The fourth-order valence-electron chi connectivity index (χ4n) is 3.25. The van der Waals surface area contributed by atoms with E-state index in [0.717, 1.165) is 22.5 Å². The van der Waals surface area contributed by atoms with Gasteiger partial charge in [-0.05, 0) is 36.8 Å². The summed E-state index contributed by atoms with van der Waals surface area (Å²) in [6.45, 7) is 2.85. The highest BCUT2D eigenvalue weighted by Gasteiger charge is 2.20. The molecule has 0 aliphatic carbocycles. The van der Waals surface area contributed by atoms with Crippen LogP contribution in [0.1, 0.15) is 12.6 Å². The lowest BCUT2D eigenvalue weighted by Gasteiger charge is -2.09. The molecular weight excluding hydrogens is 391 g/mol. The molecule has 7 heteroatoms. The molecule has 0 saturated carbocycles. The fourth-order valence-corrected chi connectivity index (χ4v) is 3.38. The first-order valence-corrected chi connectivity index (χ1v) is 9.68. The third-order valence-electron chi connectivity index (χ3n) is 4.61. The number of anilines is 1. The zero-order valence-electron chi connectivity index (χ0n) is 16.1. The molecule has 0 fully saturated rings. The molecule has 0 bridgehead atoms. The van der Waals surface area contributed by atoms with Crippen LogP contribution >= 0.6 is 11.6 Å². The second kappa shape index (κ2) is 8.19. The van der Waals surface area contributed by atoms with E-state index < -0.39 is 0 Å². The van der Waals surface area contributed by atoms with E-state index in [0.29, 0.717) is 35.3 Å². The Morgan fingerprint density at radius 1 is 1.10 bits per heavy atom. The van der Waals surface area contributed by atoms with Crippen molar-refractivity contribution in [3.05, 3.63) is 71.1 Å². The van der Waals surface area contributed by atoms with Crippen LogP contribution in [-0.4, -0.2) is 28.3 Å². The second-order valence-electron chi connectivity index (χ2n) is 6.49. The minimum atomic E-state index is -0.307. The molecule has 2 aromatic carbocycles. The maximum Gasteiger partial charge on any atom is 0.166 e. The lowest BCUT2D eigenvalue weighted by molar-refractivity contribution is 0.131. The summed E-state index contributed by atoms with van der Waals surface area (Å²) in [7, 11) is 1.80. The predicted octanol–water partition coefficient (Wildman–Crippen LogP) is 5.43. The average molecular weight is 411 g/mol. The van der Waals surface area contributed by atoms with Crippen molar-refractivity contribution < 1.29 is 9.13 Å². The molecule has 0 aliphatic rings. The molecule has 2 aromatic heterocycles. The van der Waals surface area contributed by atoms with Gasteiger partial charge in [-0.2, -0.15) is 5.10 Å². The normalized spacial score (nSPS) is 11.2. The number of halogens is 2. The lowest BCUT2D eigenvalue weighted by Crippen LogP contribution is -2.01. The van der Waals surface area contributed by atoms with Gasteiger partial charge in [0.1, 0.15) is 11.6 Å². The Hall–Kier alpha value is -2.96. The number of benzene rings is 2. The smallest absolute Gasteiger partial charge is 0.166 e. The average Bonchev–Trinajstić information content (AvgIpc) is 3.10. The molecule has 4 aromatic rings. The molecule has 5 nitrogen and oxygen atoms in total. The zero-order chi connectivity index (χ0) is 20.4. The highest BCUT2D eigenvalue weighted by molar-refractivity contribution is 6.30. The highest BCUT2D eigenvalue weighted by Crippen LogP contribution is 2.33. The topological polar surface area (TPSA) is 51.5 Å². The van der Waals surface area contributed by atoms with E-state index in [-0.39, 0.29) is 5.82 Å². The van der Waals surface area contributed by atoms with Crippen LogP contribution in [0.5, 0.6) is 0 Å². The number of rotatable bonds is 6. The quantitative estimate of drug-likeness (QED) is 0.460. The van der Waals surface area contributed by atoms with Crippen LogP contribution in [0.2, 0.25) is 5.02 Å². The SMILES string of the molecule is CCOCc1nn2c(-c3cccc(F)c3)cc(NC)nc2c1-c1ccc(Cl)cc1. The summed E-state index contributed by atoms with van der Waals surface area (Å²) < 4.78 is 21.3. The van der Waals surface area contributed by atoms with Gasteiger partial charge in [-0.1, -0.05) is 35.9 Å². The monoisotopic (exact) mass is 410 g/mol. The predicted molar refractivity (Wildman–Crippen MR) is 114 cm³/mol. The third kappa shape index (κ3) is 3.81. The summed E-state index contributed by atoms with van der Waals surface area (Å²) >= 11 is 6.08. The molecule has 0 aliphatic heterocycles. The molecule has 2 heterocycles. The highest BCUT2D eigenvalue weighted by atomic mass is 35.5. The largest absolute Gasteiger partial charge is 0.375 e. The van der Waals surface area contributed by atoms with Crippen molar-refractivity contribution in [1.29, 1.82) is 0 Å². The molecule has 0 amide bonds. The molecule has 148 valence electrons. The molecule has 0 atom stereocenters. The van der Waals surface area contributed by atoms with Crippen LogP contribution in [0, 0.1) is 5.82 Å². The van der Waals surface area contributed by atoms with E-state index in [9.17, 15) is 4.39 Å². The second-order valence-corrected chi connectivity index (χ2v) is 6.92. The zero-order valence-corrected chi connectivity index (χ0v) is 16.9. The van der Waals surface area contributed by atoms with Gasteiger partial charge in [-0.25, -0.2) is 13.9 Å². The van der Waals surface area contributed by atoms with Gasteiger partial charge in [0.05, 0.1) is 23.6 Å². The molecule has 4 rings (SSSR count). The number of hydrogen-bond acceptors (Lipinski definition) is 4. The standard InChI is InChI=1S/C22H20ClFN4O/c1-3-29-13-18-21(14-7-9-16(23)10-8-14)22-26-20(25-2)12-19(28(22)27-18)15-5-4-6-17(24)11-15/h4-12H,3,13H2,1-2H3,(H,25,26). The maximum absolute atomic E-state index is 13.9. The minimum Gasteiger partial charge on any atom is -0.375 e. The molecule has 0 saturated heterocycles. The van der Waals surface area contributed by atoms with E-state index in [1.165, 1.54) is 12.1 Å². The van der Waals surface area contributed by atoms with Crippen molar-refractivity contribution in [2.45, 2.75) is 13.5 Å². The van der Waals surface area contributed by atoms with Crippen LogP contribution in [0.3, 0.4) is 0 Å². The summed E-state index contributed by atoms with van der Waals surface area (Å²) in [4.78, 5) is 4.74. The fraction of sp³-hybridized carbons (Fsp3) is 0.182. The summed E-state index contributed by atoms with van der Waals surface area (Å²) in [6, 6.07) is 15.8. The number of nitrogens with one attached hydrogen (secondary N) is 1. The van der Waals surface area contributed by atoms with Crippen LogP contribution in [0.15, 0.2) is 54.6 Å². The van der Waals surface area contributed by atoms with Crippen molar-refractivity contribution in [1.82, 2.24) is 14.6 Å². The Morgan fingerprint density at radius 2 is 1.90 bits per heavy atom. The van der Waals surface area contributed by atoms with E-state index in [1.54, 1.807) is 17.6 Å². The van der Waals surface area contributed by atoms with E-state index >= 15 is 0 Å². The summed E-state index contributed by atoms with van der Waals surface area (Å²) in [5.41, 5.74) is 4.66. The maximum atomic E-state index is 13.9. The molecular formula is C22H20ClFN4O. The first kappa shape index (κ1) is 19.4. The van der Waals surface area contributed by atoms with Gasteiger partial charge in [0.2, 0.25) is 0 Å². The van der Waals surface area contributed by atoms with Gasteiger partial charge in [-0.15, -0.1) is 0 Å². The Bertz CT molecular complexity index is 1160. The van der Waals surface area contributed by atoms with Crippen molar-refractivity contribution >= 4 is 23.1 Å². The van der Waals surface area contributed by atoms with Crippen LogP contribution < -0.4 is 5.32 Å². The van der Waals surface area contributed by atoms with Crippen molar-refractivity contribution in [3.8, 4) is 22.4 Å². The minimum absolute atomic E-state index is 0.307. The lowest BCUT2D eigenvalue weighted by atomic mass is 10.1. The van der Waals surface area contributed by atoms with Crippen LogP contribution in [0.25, 0.3) is 28.0 Å². The number of hydrogen-bond donors (Lipinski definition) is 1. The molecule has 0 unspecified atom stereocenters. The van der Waals surface area contributed by atoms with Crippen LogP contribution in [-0.2, 0) is 11.3 Å². The summed E-state index contributed by atoms with van der Waals surface area (Å²) in [5.74, 6) is 0.355. The molecule has 0 radical (unpaired) electrons. The van der Waals surface area contributed by atoms with Crippen molar-refractivity contribution in [2.24, 2.45) is 0 Å². The van der Waals surface area contributed by atoms with Crippen molar-refractivity contribution in [3.63, 3.8) is 0 Å². The first-order chi connectivity index (χ1) is 14.1. The summed E-state index contributed by atoms with van der Waals surface area (Å²) in [5, 5.41) is 8.52. The third-order valence-corrected chi connectivity index (χ3v) is 4.87. The van der Waals surface area contributed by atoms with Gasteiger partial charge in [-0.3, -0.25) is 0 Å². The Labute approximate surface area is 173 Å².